The summed E-state index contributed by atoms with van der Waals surface area (Å²) in [7, 11) is 1.57. The normalized spacial score (nSPS) is 13.0. The van der Waals surface area contributed by atoms with Crippen molar-refractivity contribution in [1.29, 1.82) is 0 Å². The van der Waals surface area contributed by atoms with Crippen molar-refractivity contribution in [3.05, 3.63) is 86.7 Å². The molecule has 0 bridgehead atoms. The minimum absolute atomic E-state index is 0.101. The number of anilines is 1. The highest BCUT2D eigenvalue weighted by atomic mass is 16.5. The summed E-state index contributed by atoms with van der Waals surface area (Å²) in [6.45, 7) is 2.11. The van der Waals surface area contributed by atoms with Crippen molar-refractivity contribution < 1.29 is 14.3 Å². The van der Waals surface area contributed by atoms with Crippen molar-refractivity contribution in [2.75, 3.05) is 12.4 Å². The minimum Gasteiger partial charge on any atom is -0.493 e. The number of methoxy groups -OCH3 is 1. The zero-order valence-corrected chi connectivity index (χ0v) is 19.3. The summed E-state index contributed by atoms with van der Waals surface area (Å²) in [6, 6.07) is 15.8. The van der Waals surface area contributed by atoms with Crippen LogP contribution in [0, 0.1) is 0 Å². The molecule has 1 amide bonds. The molecule has 9 nitrogen and oxygen atoms in total. The van der Waals surface area contributed by atoms with Crippen LogP contribution in [0.4, 0.5) is 5.69 Å². The Labute approximate surface area is 200 Å². The van der Waals surface area contributed by atoms with Crippen molar-refractivity contribution >= 4 is 22.6 Å². The topological polar surface area (TPSA) is 115 Å². The van der Waals surface area contributed by atoms with E-state index in [1.165, 1.54) is 4.57 Å². The van der Waals surface area contributed by atoms with Crippen molar-refractivity contribution in [3.63, 3.8) is 0 Å². The number of aromatic nitrogens is 3. The third-order valence-corrected chi connectivity index (χ3v) is 5.93. The van der Waals surface area contributed by atoms with E-state index in [1.54, 1.807) is 56.5 Å². The Morgan fingerprint density at radius 2 is 1.83 bits per heavy atom. The molecule has 0 unspecified atom stereocenters. The Morgan fingerprint density at radius 1 is 1.11 bits per heavy atom. The van der Waals surface area contributed by atoms with Crippen LogP contribution in [-0.2, 0) is 6.54 Å². The van der Waals surface area contributed by atoms with Gasteiger partial charge in [-0.15, -0.1) is 0 Å². The van der Waals surface area contributed by atoms with Gasteiger partial charge < -0.3 is 14.8 Å². The molecular formula is C26H24N4O5. The molecule has 0 spiro atoms. The molecule has 9 heteroatoms. The van der Waals surface area contributed by atoms with E-state index in [4.69, 9.17) is 9.47 Å². The summed E-state index contributed by atoms with van der Waals surface area (Å²) in [6.07, 6.45) is 1.93. The van der Waals surface area contributed by atoms with Gasteiger partial charge in [0.2, 0.25) is 0 Å². The van der Waals surface area contributed by atoms with Crippen molar-refractivity contribution in [2.45, 2.75) is 32.2 Å². The Balaban J connectivity index is 1.46. The van der Waals surface area contributed by atoms with Crippen molar-refractivity contribution in [3.8, 4) is 17.2 Å². The van der Waals surface area contributed by atoms with E-state index < -0.39 is 17.2 Å². The van der Waals surface area contributed by atoms with E-state index in [9.17, 15) is 14.4 Å². The first-order valence-electron chi connectivity index (χ1n) is 11.4. The summed E-state index contributed by atoms with van der Waals surface area (Å²) in [4.78, 5) is 45.2. The van der Waals surface area contributed by atoms with E-state index in [0.717, 1.165) is 18.5 Å². The van der Waals surface area contributed by atoms with Crippen molar-refractivity contribution in [2.24, 2.45) is 0 Å². The van der Waals surface area contributed by atoms with Crippen LogP contribution in [0.15, 0.2) is 64.2 Å². The average molecular weight is 473 g/mol. The Bertz CT molecular complexity index is 1530. The van der Waals surface area contributed by atoms with Crippen LogP contribution in [0.25, 0.3) is 11.0 Å². The molecule has 1 saturated carbocycles. The molecule has 178 valence electrons. The quantitative estimate of drug-likeness (QED) is 0.420. The first-order chi connectivity index (χ1) is 17.0. The highest BCUT2D eigenvalue weighted by Crippen LogP contribution is 2.40. The maximum Gasteiger partial charge on any atom is 0.329 e. The number of carbonyl (C=O) groups is 1. The smallest absolute Gasteiger partial charge is 0.329 e. The van der Waals surface area contributed by atoms with Gasteiger partial charge in [0.15, 0.2) is 17.1 Å². The number of nitrogens with zero attached hydrogens (tertiary/aromatic N) is 2. The lowest BCUT2D eigenvalue weighted by Crippen LogP contribution is -2.32. The van der Waals surface area contributed by atoms with Gasteiger partial charge in [0.1, 0.15) is 5.75 Å². The van der Waals surface area contributed by atoms with Crippen molar-refractivity contribution in [1.82, 2.24) is 14.5 Å². The van der Waals surface area contributed by atoms with Crippen LogP contribution in [0.1, 0.15) is 41.7 Å². The number of para-hydroxylation sites is 2. The summed E-state index contributed by atoms with van der Waals surface area (Å²) in [5.74, 6) is 1.53. The van der Waals surface area contributed by atoms with Gasteiger partial charge in [-0.1, -0.05) is 12.1 Å². The second-order valence-corrected chi connectivity index (χ2v) is 8.30. The third-order valence-electron chi connectivity index (χ3n) is 5.93. The lowest BCUT2D eigenvalue weighted by molar-refractivity contribution is 0.102. The number of benzene rings is 2. The van der Waals surface area contributed by atoms with Crippen LogP contribution < -0.4 is 26.0 Å². The number of aryl methyl sites for hydroxylation is 1. The number of H-pyrrole nitrogens is 1. The molecule has 0 atom stereocenters. The number of nitrogens with one attached hydrogen (secondary N) is 2. The van der Waals surface area contributed by atoms with E-state index in [0.29, 0.717) is 29.5 Å². The molecule has 0 aliphatic heterocycles. The zero-order chi connectivity index (χ0) is 24.5. The molecule has 2 heterocycles. The fourth-order valence-corrected chi connectivity index (χ4v) is 3.99. The molecular weight excluding hydrogens is 448 g/mol. The molecule has 5 rings (SSSR count). The number of hydrogen-bond donors (Lipinski definition) is 2. The van der Waals surface area contributed by atoms with Crippen LogP contribution >= 0.6 is 0 Å². The molecule has 2 N–H and O–H groups in total. The molecule has 35 heavy (non-hydrogen) atoms. The molecule has 1 aliphatic rings. The predicted molar refractivity (Wildman–Crippen MR) is 132 cm³/mol. The monoisotopic (exact) mass is 472 g/mol. The first kappa shape index (κ1) is 22.4. The number of amides is 1. The molecule has 4 aromatic rings. The summed E-state index contributed by atoms with van der Waals surface area (Å²) >= 11 is 0. The van der Waals surface area contributed by atoms with E-state index >= 15 is 0 Å². The number of carbonyl (C=O) groups excluding carboxylic acids is 1. The fraction of sp³-hybridized carbons (Fsp3) is 0.231. The van der Waals surface area contributed by atoms with Gasteiger partial charge in [-0.3, -0.25) is 19.1 Å². The van der Waals surface area contributed by atoms with Crippen LogP contribution in [0.2, 0.25) is 0 Å². The second kappa shape index (κ2) is 9.09. The van der Waals surface area contributed by atoms with Gasteiger partial charge in [-0.2, -0.15) is 0 Å². The lowest BCUT2D eigenvalue weighted by atomic mass is 10.1. The number of aromatic amines is 1. The van der Waals surface area contributed by atoms with Gasteiger partial charge in [0, 0.05) is 23.8 Å². The van der Waals surface area contributed by atoms with Gasteiger partial charge >= 0.3 is 5.69 Å². The third kappa shape index (κ3) is 4.40. The molecule has 0 saturated heterocycles. The Hall–Kier alpha value is -4.40. The molecule has 0 radical (unpaired) electrons. The maximum absolute atomic E-state index is 13.3. The highest BCUT2D eigenvalue weighted by molar-refractivity contribution is 6.11. The Kier molecular flexibility index (Phi) is 5.82. The molecule has 2 aromatic carbocycles. The van der Waals surface area contributed by atoms with Gasteiger partial charge in [0.25, 0.3) is 11.5 Å². The zero-order valence-electron chi connectivity index (χ0n) is 19.3. The first-order valence-corrected chi connectivity index (χ1v) is 11.4. The SMILES string of the molecule is CCn1c(=O)[nH]c(=O)c2c(C(=O)Nc3ccc(Oc4ccccc4OC)cc3)cc(C3CC3)nc21. The van der Waals surface area contributed by atoms with Crippen LogP contribution in [-0.4, -0.2) is 27.6 Å². The maximum atomic E-state index is 13.3. The van der Waals surface area contributed by atoms with E-state index in [-0.39, 0.29) is 22.5 Å². The fourth-order valence-electron chi connectivity index (χ4n) is 3.99. The van der Waals surface area contributed by atoms with Gasteiger partial charge in [0.05, 0.1) is 18.1 Å². The van der Waals surface area contributed by atoms with E-state index in [2.05, 4.69) is 15.3 Å². The average Bonchev–Trinajstić information content (AvgIpc) is 3.71. The largest absolute Gasteiger partial charge is 0.493 e. The lowest BCUT2D eigenvalue weighted by Gasteiger charge is -2.13. The number of ether oxygens (including phenoxy) is 2. The standard InChI is InChI=1S/C26H24N4O5/c1-3-30-23-22(25(32)29-26(30)33)18(14-19(28-23)15-8-9-15)24(31)27-16-10-12-17(13-11-16)35-21-7-5-4-6-20(21)34-2/h4-7,10-15H,3,8-9H2,1-2H3,(H,27,31)(H,29,32,33). The van der Waals surface area contributed by atoms with Gasteiger partial charge in [-0.25, -0.2) is 9.78 Å². The number of hydrogen-bond acceptors (Lipinski definition) is 6. The minimum atomic E-state index is -0.629. The molecule has 1 fully saturated rings. The number of rotatable bonds is 7. The predicted octanol–water partition coefficient (Wildman–Crippen LogP) is 4.04. The van der Waals surface area contributed by atoms with Crippen LogP contribution in [0.3, 0.4) is 0 Å². The van der Waals surface area contributed by atoms with Crippen LogP contribution in [0.5, 0.6) is 17.2 Å². The number of pyridine rings is 1. The highest BCUT2D eigenvalue weighted by Gasteiger charge is 2.28. The summed E-state index contributed by atoms with van der Waals surface area (Å²) in [5.41, 5.74) is 0.500. The number of fused-ring (bicyclic) bond motifs is 1. The summed E-state index contributed by atoms with van der Waals surface area (Å²) < 4.78 is 12.6. The second-order valence-electron chi connectivity index (χ2n) is 8.30. The Morgan fingerprint density at radius 3 is 2.49 bits per heavy atom. The van der Waals surface area contributed by atoms with Gasteiger partial charge in [-0.05, 0) is 62.2 Å². The molecule has 2 aromatic heterocycles. The summed E-state index contributed by atoms with van der Waals surface area (Å²) in [5, 5.41) is 2.94. The van der Waals surface area contributed by atoms with E-state index in [1.807, 2.05) is 12.1 Å². The molecule has 1 aliphatic carbocycles.